The first kappa shape index (κ1) is 11.8. The second kappa shape index (κ2) is 4.46. The van der Waals surface area contributed by atoms with Crippen molar-refractivity contribution in [3.8, 4) is 0 Å². The molecule has 0 bridgehead atoms. The molecule has 0 aliphatic heterocycles. The highest BCUT2D eigenvalue weighted by Crippen LogP contribution is 2.42. The molecule has 0 amide bonds. The number of nitrogens with zero attached hydrogens (tertiary/aromatic N) is 3. The maximum Gasteiger partial charge on any atom is 0.202 e. The molecule has 0 radical (unpaired) electrons. The Labute approximate surface area is 111 Å². The Morgan fingerprint density at radius 3 is 2.94 bits per heavy atom. The third-order valence-electron chi connectivity index (χ3n) is 3.93. The molecule has 0 spiro atoms. The monoisotopic (exact) mass is 262 g/mol. The van der Waals surface area contributed by atoms with E-state index >= 15 is 0 Å². The molecule has 3 rings (SSSR count). The van der Waals surface area contributed by atoms with Crippen LogP contribution in [0.2, 0.25) is 0 Å². The summed E-state index contributed by atoms with van der Waals surface area (Å²) in [6, 6.07) is 3.87. The lowest BCUT2D eigenvalue weighted by Crippen LogP contribution is -2.27. The van der Waals surface area contributed by atoms with E-state index in [-0.39, 0.29) is 0 Å². The van der Waals surface area contributed by atoms with Crippen LogP contribution in [0.1, 0.15) is 25.7 Å². The van der Waals surface area contributed by atoms with Gasteiger partial charge in [-0.15, -0.1) is 0 Å². The Hall–Kier alpha value is -1.23. The van der Waals surface area contributed by atoms with Crippen molar-refractivity contribution in [2.75, 3.05) is 12.0 Å². The predicted molar refractivity (Wildman–Crippen MR) is 76.7 cm³/mol. The Balaban J connectivity index is 2.01. The summed E-state index contributed by atoms with van der Waals surface area (Å²) >= 11 is 1.96. The molecular weight excluding hydrogens is 244 g/mol. The second-order valence-corrected chi connectivity index (χ2v) is 6.27. The van der Waals surface area contributed by atoms with Crippen molar-refractivity contribution in [1.82, 2.24) is 14.5 Å². The number of nitrogen functional groups attached to an aromatic ring is 1. The van der Waals surface area contributed by atoms with Crippen LogP contribution in [0.4, 0.5) is 5.95 Å². The Morgan fingerprint density at radius 2 is 2.22 bits per heavy atom. The number of imidazole rings is 1. The van der Waals surface area contributed by atoms with E-state index < -0.39 is 0 Å². The molecule has 96 valence electrons. The van der Waals surface area contributed by atoms with Crippen molar-refractivity contribution in [2.24, 2.45) is 0 Å². The molecule has 0 atom stereocenters. The Morgan fingerprint density at radius 1 is 1.44 bits per heavy atom. The van der Waals surface area contributed by atoms with Crippen LogP contribution in [0.25, 0.3) is 11.2 Å². The molecule has 0 aromatic carbocycles. The van der Waals surface area contributed by atoms with Gasteiger partial charge in [-0.25, -0.2) is 9.97 Å². The van der Waals surface area contributed by atoms with E-state index in [2.05, 4.69) is 20.8 Å². The lowest BCUT2D eigenvalue weighted by atomic mass is 10.1. The average molecular weight is 262 g/mol. The summed E-state index contributed by atoms with van der Waals surface area (Å²) in [5, 5.41) is 0. The van der Waals surface area contributed by atoms with E-state index in [1.807, 2.05) is 23.9 Å². The standard InChI is InChI=1S/C13H18N4S/c1-18-13(6-2-3-7-13)9-17-11-10(16-12(17)14)5-4-8-15-11/h4-5,8H,2-3,6-7,9H2,1H3,(H2,14,16). The maximum atomic E-state index is 6.05. The van der Waals surface area contributed by atoms with Crippen molar-refractivity contribution < 1.29 is 0 Å². The summed E-state index contributed by atoms with van der Waals surface area (Å²) in [7, 11) is 0. The summed E-state index contributed by atoms with van der Waals surface area (Å²) in [5.74, 6) is 0.587. The van der Waals surface area contributed by atoms with Gasteiger partial charge < -0.3 is 5.73 Å². The van der Waals surface area contributed by atoms with E-state index in [4.69, 9.17) is 5.73 Å². The summed E-state index contributed by atoms with van der Waals surface area (Å²) in [5.41, 5.74) is 7.85. The first-order valence-corrected chi connectivity index (χ1v) is 7.58. The minimum absolute atomic E-state index is 0.319. The zero-order chi connectivity index (χ0) is 12.6. The van der Waals surface area contributed by atoms with Crippen LogP contribution in [0.15, 0.2) is 18.3 Å². The molecule has 1 aliphatic carbocycles. The summed E-state index contributed by atoms with van der Waals surface area (Å²) in [4.78, 5) is 8.81. The molecule has 0 unspecified atom stereocenters. The molecule has 1 fully saturated rings. The number of hydrogen-bond donors (Lipinski definition) is 1. The number of aromatic nitrogens is 3. The number of hydrogen-bond acceptors (Lipinski definition) is 4. The van der Waals surface area contributed by atoms with Gasteiger partial charge in [-0.1, -0.05) is 12.8 Å². The van der Waals surface area contributed by atoms with Gasteiger partial charge in [-0.05, 0) is 31.2 Å². The van der Waals surface area contributed by atoms with Gasteiger partial charge in [0.15, 0.2) is 5.65 Å². The maximum absolute atomic E-state index is 6.05. The van der Waals surface area contributed by atoms with Gasteiger partial charge in [0, 0.05) is 17.5 Å². The van der Waals surface area contributed by atoms with Gasteiger partial charge in [-0.3, -0.25) is 4.57 Å². The number of nitrogens with two attached hydrogens (primary N) is 1. The Kier molecular flexibility index (Phi) is 2.93. The lowest BCUT2D eigenvalue weighted by molar-refractivity contribution is 0.516. The van der Waals surface area contributed by atoms with Crippen LogP contribution in [-0.4, -0.2) is 25.5 Å². The van der Waals surface area contributed by atoms with Crippen molar-refractivity contribution in [1.29, 1.82) is 0 Å². The van der Waals surface area contributed by atoms with Gasteiger partial charge in [0.25, 0.3) is 0 Å². The van der Waals surface area contributed by atoms with Crippen LogP contribution in [-0.2, 0) is 6.54 Å². The SMILES string of the molecule is CSC1(Cn2c(N)nc3cccnc32)CCCC1. The van der Waals surface area contributed by atoms with Crippen LogP contribution < -0.4 is 5.73 Å². The lowest BCUT2D eigenvalue weighted by Gasteiger charge is -2.27. The molecule has 18 heavy (non-hydrogen) atoms. The van der Waals surface area contributed by atoms with Gasteiger partial charge in [0.1, 0.15) is 5.52 Å². The van der Waals surface area contributed by atoms with E-state index in [0.29, 0.717) is 10.7 Å². The zero-order valence-electron chi connectivity index (χ0n) is 10.6. The molecule has 2 aromatic heterocycles. The first-order chi connectivity index (χ1) is 8.74. The van der Waals surface area contributed by atoms with Gasteiger partial charge in [0.2, 0.25) is 5.95 Å². The predicted octanol–water partition coefficient (Wildman–Crippen LogP) is 2.69. The highest BCUT2D eigenvalue weighted by molar-refractivity contribution is 8.00. The fourth-order valence-electron chi connectivity index (χ4n) is 2.87. The Bertz CT molecular complexity index is 557. The van der Waals surface area contributed by atoms with Gasteiger partial charge >= 0.3 is 0 Å². The number of rotatable bonds is 3. The quantitative estimate of drug-likeness (QED) is 0.924. The van der Waals surface area contributed by atoms with Crippen LogP contribution >= 0.6 is 11.8 Å². The summed E-state index contributed by atoms with van der Waals surface area (Å²) in [6.07, 6.45) is 9.18. The van der Waals surface area contributed by atoms with Crippen molar-refractivity contribution >= 4 is 28.9 Å². The zero-order valence-corrected chi connectivity index (χ0v) is 11.4. The topological polar surface area (TPSA) is 56.7 Å². The fourth-order valence-corrected chi connectivity index (χ4v) is 3.82. The summed E-state index contributed by atoms with van der Waals surface area (Å²) in [6.45, 7) is 0.924. The largest absolute Gasteiger partial charge is 0.369 e. The fraction of sp³-hybridized carbons (Fsp3) is 0.538. The minimum atomic E-state index is 0.319. The third kappa shape index (κ3) is 1.86. The smallest absolute Gasteiger partial charge is 0.202 e. The number of anilines is 1. The van der Waals surface area contributed by atoms with Gasteiger partial charge in [-0.2, -0.15) is 11.8 Å². The number of fused-ring (bicyclic) bond motifs is 1. The molecule has 2 aromatic rings. The van der Waals surface area contributed by atoms with E-state index in [1.54, 1.807) is 6.20 Å². The van der Waals surface area contributed by atoms with E-state index in [9.17, 15) is 0 Å². The first-order valence-electron chi connectivity index (χ1n) is 6.36. The normalized spacial score (nSPS) is 18.5. The van der Waals surface area contributed by atoms with Crippen LogP contribution in [0.5, 0.6) is 0 Å². The van der Waals surface area contributed by atoms with E-state index in [1.165, 1.54) is 25.7 Å². The average Bonchev–Trinajstić information content (AvgIpc) is 2.97. The highest BCUT2D eigenvalue weighted by atomic mass is 32.2. The minimum Gasteiger partial charge on any atom is -0.369 e. The number of pyridine rings is 1. The van der Waals surface area contributed by atoms with Crippen molar-refractivity contribution in [3.05, 3.63) is 18.3 Å². The van der Waals surface area contributed by atoms with Crippen molar-refractivity contribution in [3.63, 3.8) is 0 Å². The third-order valence-corrected chi connectivity index (χ3v) is 5.33. The van der Waals surface area contributed by atoms with Gasteiger partial charge in [0.05, 0.1) is 0 Å². The molecule has 4 nitrogen and oxygen atoms in total. The number of thioether (sulfide) groups is 1. The molecule has 2 N–H and O–H groups in total. The molecule has 1 aliphatic rings. The molecule has 2 heterocycles. The molecule has 0 saturated heterocycles. The van der Waals surface area contributed by atoms with E-state index in [0.717, 1.165) is 17.7 Å². The highest BCUT2D eigenvalue weighted by Gasteiger charge is 2.34. The van der Waals surface area contributed by atoms with Crippen LogP contribution in [0.3, 0.4) is 0 Å². The molecule has 1 saturated carbocycles. The molecular formula is C13H18N4S. The van der Waals surface area contributed by atoms with Crippen LogP contribution in [0, 0.1) is 0 Å². The van der Waals surface area contributed by atoms with Crippen molar-refractivity contribution in [2.45, 2.75) is 37.0 Å². The summed E-state index contributed by atoms with van der Waals surface area (Å²) < 4.78 is 2.40. The second-order valence-electron chi connectivity index (χ2n) is 5.00. The molecule has 5 heteroatoms.